The molecule has 0 saturated carbocycles. The van der Waals surface area contributed by atoms with E-state index in [1.54, 1.807) is 0 Å². The van der Waals surface area contributed by atoms with Crippen LogP contribution in [0.2, 0.25) is 0 Å². The van der Waals surface area contributed by atoms with Gasteiger partial charge in [-0.1, -0.05) is 52.3 Å². The molecule has 3 nitrogen and oxygen atoms in total. The predicted octanol–water partition coefficient (Wildman–Crippen LogP) is 6.05. The molecule has 1 unspecified atom stereocenters. The first kappa shape index (κ1) is 16.4. The summed E-state index contributed by atoms with van der Waals surface area (Å²) in [6.45, 7) is 0. The lowest BCUT2D eigenvalue weighted by Gasteiger charge is -2.26. The van der Waals surface area contributed by atoms with Gasteiger partial charge >= 0.3 is 0 Å². The fourth-order valence-electron chi connectivity index (χ4n) is 3.64. The zero-order valence-electron chi connectivity index (χ0n) is 14.3. The number of hydrogen-bond acceptors (Lipinski definition) is 2. The van der Waals surface area contributed by atoms with Crippen LogP contribution in [0.15, 0.2) is 82.3 Å². The van der Waals surface area contributed by atoms with Gasteiger partial charge in [-0.25, -0.2) is 14.4 Å². The largest absolute Gasteiger partial charge is 0.300 e. The summed E-state index contributed by atoms with van der Waals surface area (Å²) >= 11 is 3.48. The molecule has 27 heavy (non-hydrogen) atoms. The van der Waals surface area contributed by atoms with Crippen molar-refractivity contribution in [1.29, 1.82) is 0 Å². The second-order valence-electron chi connectivity index (χ2n) is 6.61. The lowest BCUT2D eigenvalue weighted by Crippen LogP contribution is -2.20. The highest BCUT2D eigenvalue weighted by Crippen LogP contribution is 2.37. The van der Waals surface area contributed by atoms with Crippen LogP contribution in [0.4, 0.5) is 10.3 Å². The minimum Gasteiger partial charge on any atom is -0.300 e. The first-order valence-corrected chi connectivity index (χ1v) is 9.54. The molecule has 2 heterocycles. The highest BCUT2D eigenvalue weighted by Gasteiger charge is 2.27. The van der Waals surface area contributed by atoms with Gasteiger partial charge in [-0.3, -0.25) is 0 Å². The number of benzene rings is 3. The number of hydrogen-bond donors (Lipinski definition) is 0. The summed E-state index contributed by atoms with van der Waals surface area (Å²) in [6, 6.07) is 22.9. The summed E-state index contributed by atoms with van der Waals surface area (Å²) in [7, 11) is 0. The zero-order chi connectivity index (χ0) is 18.4. The molecule has 4 aromatic rings. The van der Waals surface area contributed by atoms with E-state index in [0.29, 0.717) is 5.95 Å². The molecule has 0 radical (unpaired) electrons. The Hall–Kier alpha value is -2.79. The molecule has 5 rings (SSSR count). The fourth-order valence-corrected chi connectivity index (χ4v) is 3.90. The minimum atomic E-state index is -0.230. The Morgan fingerprint density at radius 1 is 0.926 bits per heavy atom. The maximum absolute atomic E-state index is 13.5. The number of aliphatic imine (C=N–C) groups is 1. The van der Waals surface area contributed by atoms with Crippen molar-refractivity contribution in [3.8, 4) is 0 Å². The van der Waals surface area contributed by atoms with Crippen molar-refractivity contribution in [2.24, 2.45) is 4.99 Å². The second-order valence-corrected chi connectivity index (χ2v) is 7.52. The molecule has 0 spiro atoms. The fraction of sp³-hybridized carbons (Fsp3) is 0.0909. The Labute approximate surface area is 164 Å². The molecule has 1 atom stereocenters. The lowest BCUT2D eigenvalue weighted by molar-refractivity contribution is 0.602. The average molecular weight is 420 g/mol. The Bertz CT molecular complexity index is 1160. The maximum Gasteiger partial charge on any atom is 0.231 e. The van der Waals surface area contributed by atoms with Crippen LogP contribution < -0.4 is 0 Å². The first-order valence-electron chi connectivity index (χ1n) is 8.75. The minimum absolute atomic E-state index is 0.0177. The summed E-state index contributed by atoms with van der Waals surface area (Å²) in [4.78, 5) is 9.59. The van der Waals surface area contributed by atoms with Crippen molar-refractivity contribution < 1.29 is 4.39 Å². The van der Waals surface area contributed by atoms with Crippen LogP contribution in [0.1, 0.15) is 23.6 Å². The molecule has 0 saturated heterocycles. The third kappa shape index (κ3) is 2.88. The van der Waals surface area contributed by atoms with Gasteiger partial charge in [0.25, 0.3) is 0 Å². The zero-order valence-corrected chi connectivity index (χ0v) is 15.9. The number of aromatic nitrogens is 2. The number of nitrogens with zero attached hydrogens (tertiary/aromatic N) is 3. The van der Waals surface area contributed by atoms with E-state index in [1.165, 1.54) is 12.1 Å². The van der Waals surface area contributed by atoms with Crippen molar-refractivity contribution in [2.45, 2.75) is 12.5 Å². The number of fused-ring (bicyclic) bond motifs is 3. The monoisotopic (exact) mass is 419 g/mol. The van der Waals surface area contributed by atoms with Crippen LogP contribution in [-0.4, -0.2) is 15.3 Å². The highest BCUT2D eigenvalue weighted by atomic mass is 79.9. The molecule has 1 aromatic heterocycles. The van der Waals surface area contributed by atoms with Gasteiger partial charge in [0.05, 0.1) is 22.8 Å². The van der Waals surface area contributed by atoms with E-state index in [2.05, 4.69) is 38.7 Å². The van der Waals surface area contributed by atoms with Gasteiger partial charge in [-0.2, -0.15) is 0 Å². The van der Waals surface area contributed by atoms with E-state index in [4.69, 9.17) is 9.98 Å². The van der Waals surface area contributed by atoms with Crippen LogP contribution in [0, 0.1) is 5.82 Å². The van der Waals surface area contributed by atoms with E-state index in [-0.39, 0.29) is 11.9 Å². The number of rotatable bonds is 2. The third-order valence-corrected chi connectivity index (χ3v) is 5.47. The van der Waals surface area contributed by atoms with Gasteiger partial charge in [0.15, 0.2) is 0 Å². The van der Waals surface area contributed by atoms with Crippen molar-refractivity contribution in [1.82, 2.24) is 9.55 Å². The van der Waals surface area contributed by atoms with E-state index >= 15 is 0 Å². The smallest absolute Gasteiger partial charge is 0.231 e. The van der Waals surface area contributed by atoms with Crippen LogP contribution in [0.5, 0.6) is 0 Å². The van der Waals surface area contributed by atoms with Gasteiger partial charge in [0.1, 0.15) is 5.82 Å². The van der Waals surface area contributed by atoms with E-state index in [9.17, 15) is 4.39 Å². The Morgan fingerprint density at radius 2 is 1.67 bits per heavy atom. The quantitative estimate of drug-likeness (QED) is 0.388. The van der Waals surface area contributed by atoms with E-state index in [0.717, 1.165) is 38.8 Å². The topological polar surface area (TPSA) is 30.2 Å². The third-order valence-electron chi connectivity index (χ3n) is 4.94. The SMILES string of the molecule is Fc1ccc(C2CC(c3ccc(Br)cc3)=Nc3nc4ccccc4n32)cc1. The van der Waals surface area contributed by atoms with Crippen LogP contribution >= 0.6 is 15.9 Å². The van der Waals surface area contributed by atoms with Crippen molar-refractivity contribution in [2.75, 3.05) is 0 Å². The Kier molecular flexibility index (Phi) is 3.90. The lowest BCUT2D eigenvalue weighted by atomic mass is 9.95. The highest BCUT2D eigenvalue weighted by molar-refractivity contribution is 9.10. The van der Waals surface area contributed by atoms with Crippen LogP contribution in [0.3, 0.4) is 0 Å². The van der Waals surface area contributed by atoms with E-state index < -0.39 is 0 Å². The molecule has 0 fully saturated rings. The van der Waals surface area contributed by atoms with Crippen LogP contribution in [-0.2, 0) is 0 Å². The van der Waals surface area contributed by atoms with E-state index in [1.807, 2.05) is 42.5 Å². The molecule has 132 valence electrons. The molecular weight excluding hydrogens is 405 g/mol. The molecule has 5 heteroatoms. The number of para-hydroxylation sites is 2. The Morgan fingerprint density at radius 3 is 2.44 bits per heavy atom. The van der Waals surface area contributed by atoms with Crippen LogP contribution in [0.25, 0.3) is 11.0 Å². The van der Waals surface area contributed by atoms with Crippen molar-refractivity contribution in [3.63, 3.8) is 0 Å². The molecule has 1 aliphatic rings. The van der Waals surface area contributed by atoms with Crippen molar-refractivity contribution in [3.05, 3.63) is 94.2 Å². The van der Waals surface area contributed by atoms with Gasteiger partial charge in [-0.05, 0) is 47.5 Å². The summed E-state index contributed by atoms with van der Waals surface area (Å²) in [5.41, 5.74) is 5.06. The maximum atomic E-state index is 13.5. The van der Waals surface area contributed by atoms with Gasteiger partial charge in [-0.15, -0.1) is 0 Å². The molecule has 0 aliphatic carbocycles. The standard InChI is InChI=1S/C22H15BrFN3/c23-16-9-5-14(6-10-16)19-13-21(15-7-11-17(24)12-8-15)27-20-4-2-1-3-18(20)25-22(27)26-19/h1-12,21H,13H2. The van der Waals surface area contributed by atoms with Gasteiger partial charge < -0.3 is 4.57 Å². The summed E-state index contributed by atoms with van der Waals surface area (Å²) in [5.74, 6) is 0.460. The van der Waals surface area contributed by atoms with Gasteiger partial charge in [0, 0.05) is 10.9 Å². The Balaban J connectivity index is 1.71. The normalized spacial score (nSPS) is 16.2. The molecule has 1 aliphatic heterocycles. The molecular formula is C22H15BrFN3. The molecule has 0 bridgehead atoms. The number of halogens is 2. The first-order chi connectivity index (χ1) is 13.2. The van der Waals surface area contributed by atoms with Crippen molar-refractivity contribution >= 4 is 38.6 Å². The summed E-state index contributed by atoms with van der Waals surface area (Å²) < 4.78 is 16.7. The summed E-state index contributed by atoms with van der Waals surface area (Å²) in [6.07, 6.45) is 0.723. The average Bonchev–Trinajstić information content (AvgIpc) is 3.07. The predicted molar refractivity (Wildman–Crippen MR) is 109 cm³/mol. The molecule has 0 N–H and O–H groups in total. The second kappa shape index (κ2) is 6.43. The molecule has 3 aromatic carbocycles. The summed E-state index contributed by atoms with van der Waals surface area (Å²) in [5, 5.41) is 0. The number of imidazole rings is 1. The molecule has 0 amide bonds. The van der Waals surface area contributed by atoms with Gasteiger partial charge in [0.2, 0.25) is 5.95 Å².